The Balaban J connectivity index is 2.57. The Morgan fingerprint density at radius 3 is 2.42 bits per heavy atom. The fraction of sp³-hybridized carbons (Fsp3) is 0.400. The molecular weight excluding hydrogens is 343 g/mol. The van der Waals surface area contributed by atoms with E-state index in [1.54, 1.807) is 0 Å². The highest BCUT2D eigenvalue weighted by atomic mass is 79.9. The minimum Gasteiger partial charge on any atom is -0.258 e. The van der Waals surface area contributed by atoms with E-state index in [4.69, 9.17) is 0 Å². The number of nitrogens with zero attached hydrogens (tertiary/aromatic N) is 2. The van der Waals surface area contributed by atoms with E-state index in [1.807, 2.05) is 0 Å². The van der Waals surface area contributed by atoms with Gasteiger partial charge in [-0.2, -0.15) is 4.31 Å². The maximum absolute atomic E-state index is 13.9. The van der Waals surface area contributed by atoms with Crippen LogP contribution in [0.15, 0.2) is 21.5 Å². The number of halogens is 2. The number of hydrogen-bond donors (Lipinski definition) is 0. The minimum atomic E-state index is -4.02. The minimum absolute atomic E-state index is 0.237. The Morgan fingerprint density at radius 2 is 1.89 bits per heavy atom. The van der Waals surface area contributed by atoms with E-state index in [9.17, 15) is 22.9 Å². The predicted octanol–water partition coefficient (Wildman–Crippen LogP) is 2.28. The second-order valence-corrected chi connectivity index (χ2v) is 6.87. The number of nitro groups is 1. The summed E-state index contributed by atoms with van der Waals surface area (Å²) in [6.07, 6.45) is 1.41. The molecule has 9 heteroatoms. The summed E-state index contributed by atoms with van der Waals surface area (Å²) in [5.74, 6) is -1.00. The predicted molar refractivity (Wildman–Crippen MR) is 68.7 cm³/mol. The summed E-state index contributed by atoms with van der Waals surface area (Å²) < 4.78 is 39.3. The van der Waals surface area contributed by atoms with Gasteiger partial charge in [0.2, 0.25) is 10.0 Å². The van der Waals surface area contributed by atoms with Crippen molar-refractivity contribution < 1.29 is 17.7 Å². The van der Waals surface area contributed by atoms with Gasteiger partial charge in [0.05, 0.1) is 9.40 Å². The summed E-state index contributed by atoms with van der Waals surface area (Å²) >= 11 is 2.80. The second kappa shape index (κ2) is 5.14. The molecule has 0 radical (unpaired) electrons. The van der Waals surface area contributed by atoms with Gasteiger partial charge in [-0.3, -0.25) is 10.1 Å². The lowest BCUT2D eigenvalue weighted by molar-refractivity contribution is -0.385. The van der Waals surface area contributed by atoms with Crippen molar-refractivity contribution in [2.24, 2.45) is 0 Å². The highest BCUT2D eigenvalue weighted by Crippen LogP contribution is 2.31. The molecule has 0 amide bonds. The first-order valence-corrected chi connectivity index (χ1v) is 7.71. The lowest BCUT2D eigenvalue weighted by Crippen LogP contribution is -2.28. The molecule has 1 aromatic rings. The average Bonchev–Trinajstić information content (AvgIpc) is 2.86. The Hall–Kier alpha value is -1.06. The normalized spacial score (nSPS) is 16.7. The zero-order valence-electron chi connectivity index (χ0n) is 9.67. The van der Waals surface area contributed by atoms with Crippen LogP contribution in [-0.4, -0.2) is 30.7 Å². The monoisotopic (exact) mass is 352 g/mol. The molecule has 1 aromatic carbocycles. The molecule has 0 bridgehead atoms. The summed E-state index contributed by atoms with van der Waals surface area (Å²) in [6, 6.07) is 1.70. The van der Waals surface area contributed by atoms with Gasteiger partial charge in [0.15, 0.2) is 5.82 Å². The van der Waals surface area contributed by atoms with Crippen molar-refractivity contribution in [2.45, 2.75) is 17.7 Å². The van der Waals surface area contributed by atoms with Crippen molar-refractivity contribution >= 4 is 31.6 Å². The first-order chi connectivity index (χ1) is 8.84. The molecule has 0 saturated carbocycles. The molecule has 1 fully saturated rings. The van der Waals surface area contributed by atoms with Crippen LogP contribution in [-0.2, 0) is 10.0 Å². The molecule has 1 aliphatic heterocycles. The summed E-state index contributed by atoms with van der Waals surface area (Å²) in [6.45, 7) is 0.615. The van der Waals surface area contributed by atoms with Crippen LogP contribution in [0, 0.1) is 15.9 Å². The SMILES string of the molecule is O=[N+]([O-])c1cc(Br)c(F)c(S(=O)(=O)N2CCCC2)c1. The molecule has 1 heterocycles. The Kier molecular flexibility index (Phi) is 3.88. The topological polar surface area (TPSA) is 80.5 Å². The van der Waals surface area contributed by atoms with Crippen LogP contribution in [0.5, 0.6) is 0 Å². The van der Waals surface area contributed by atoms with Crippen LogP contribution in [0.2, 0.25) is 0 Å². The average molecular weight is 353 g/mol. The van der Waals surface area contributed by atoms with Gasteiger partial charge in [-0.25, -0.2) is 12.8 Å². The van der Waals surface area contributed by atoms with Gasteiger partial charge in [-0.05, 0) is 28.8 Å². The third-order valence-electron chi connectivity index (χ3n) is 2.87. The molecule has 0 aliphatic carbocycles. The summed E-state index contributed by atoms with van der Waals surface area (Å²) in [7, 11) is -4.02. The standard InChI is InChI=1S/C10H10BrFN2O4S/c11-8-5-7(14(15)16)6-9(10(8)12)19(17,18)13-3-1-2-4-13/h5-6H,1-4H2. The van der Waals surface area contributed by atoms with E-state index in [-0.39, 0.29) is 4.47 Å². The van der Waals surface area contributed by atoms with Gasteiger partial charge in [0.25, 0.3) is 5.69 Å². The molecule has 0 spiro atoms. The van der Waals surface area contributed by atoms with E-state index in [2.05, 4.69) is 15.9 Å². The molecule has 6 nitrogen and oxygen atoms in total. The van der Waals surface area contributed by atoms with Gasteiger partial charge in [-0.15, -0.1) is 0 Å². The molecule has 0 atom stereocenters. The molecule has 0 N–H and O–H groups in total. The third kappa shape index (κ3) is 2.63. The Bertz CT molecular complexity index is 629. The van der Waals surface area contributed by atoms with Crippen molar-refractivity contribution in [3.05, 3.63) is 32.5 Å². The molecule has 0 unspecified atom stereocenters. The van der Waals surface area contributed by atoms with E-state index >= 15 is 0 Å². The number of sulfonamides is 1. The van der Waals surface area contributed by atoms with E-state index < -0.39 is 31.3 Å². The second-order valence-electron chi connectivity index (χ2n) is 4.11. The van der Waals surface area contributed by atoms with Crippen molar-refractivity contribution in [1.82, 2.24) is 4.31 Å². The summed E-state index contributed by atoms with van der Waals surface area (Å²) in [5, 5.41) is 10.7. The van der Waals surface area contributed by atoms with Crippen molar-refractivity contribution in [2.75, 3.05) is 13.1 Å². The zero-order valence-corrected chi connectivity index (χ0v) is 12.1. The Morgan fingerprint density at radius 1 is 1.32 bits per heavy atom. The molecule has 1 aliphatic rings. The first-order valence-electron chi connectivity index (χ1n) is 5.47. The number of nitro benzene ring substituents is 1. The number of hydrogen-bond acceptors (Lipinski definition) is 4. The van der Waals surface area contributed by atoms with Gasteiger partial charge >= 0.3 is 0 Å². The van der Waals surface area contributed by atoms with Gasteiger partial charge in [0.1, 0.15) is 4.90 Å². The van der Waals surface area contributed by atoms with E-state index in [1.165, 1.54) is 0 Å². The van der Waals surface area contributed by atoms with Gasteiger partial charge in [0, 0.05) is 25.2 Å². The molecule has 2 rings (SSSR count). The number of non-ortho nitro benzene ring substituents is 1. The molecule has 19 heavy (non-hydrogen) atoms. The molecule has 1 saturated heterocycles. The highest BCUT2D eigenvalue weighted by molar-refractivity contribution is 9.10. The smallest absolute Gasteiger partial charge is 0.258 e. The largest absolute Gasteiger partial charge is 0.272 e. The van der Waals surface area contributed by atoms with Crippen LogP contribution in [0.25, 0.3) is 0 Å². The van der Waals surface area contributed by atoms with E-state index in [0.717, 1.165) is 16.4 Å². The van der Waals surface area contributed by atoms with E-state index in [0.29, 0.717) is 25.9 Å². The first kappa shape index (κ1) is 14.4. The highest BCUT2D eigenvalue weighted by Gasteiger charge is 2.32. The van der Waals surface area contributed by atoms with Crippen LogP contribution in [0.3, 0.4) is 0 Å². The van der Waals surface area contributed by atoms with Crippen molar-refractivity contribution in [3.8, 4) is 0 Å². The quantitative estimate of drug-likeness (QED) is 0.617. The summed E-state index contributed by atoms with van der Waals surface area (Å²) in [4.78, 5) is 9.31. The van der Waals surface area contributed by atoms with Crippen LogP contribution in [0.1, 0.15) is 12.8 Å². The molecule has 0 aromatic heterocycles. The lowest BCUT2D eigenvalue weighted by atomic mass is 10.3. The Labute approximate surface area is 117 Å². The van der Waals surface area contributed by atoms with Crippen LogP contribution >= 0.6 is 15.9 Å². The maximum atomic E-state index is 13.9. The molecule has 104 valence electrons. The van der Waals surface area contributed by atoms with Gasteiger partial charge in [-0.1, -0.05) is 0 Å². The molecular formula is C10H10BrFN2O4S. The lowest BCUT2D eigenvalue weighted by Gasteiger charge is -2.16. The van der Waals surface area contributed by atoms with Gasteiger partial charge < -0.3 is 0 Å². The van der Waals surface area contributed by atoms with Crippen molar-refractivity contribution in [3.63, 3.8) is 0 Å². The third-order valence-corrected chi connectivity index (χ3v) is 5.35. The maximum Gasteiger partial charge on any atom is 0.272 e. The van der Waals surface area contributed by atoms with Crippen LogP contribution < -0.4 is 0 Å². The fourth-order valence-corrected chi connectivity index (χ4v) is 4.11. The number of rotatable bonds is 3. The van der Waals surface area contributed by atoms with Crippen molar-refractivity contribution in [1.29, 1.82) is 0 Å². The van der Waals surface area contributed by atoms with Crippen LogP contribution in [0.4, 0.5) is 10.1 Å². The summed E-state index contributed by atoms with van der Waals surface area (Å²) in [5.41, 5.74) is -0.467. The number of benzene rings is 1. The zero-order chi connectivity index (χ0) is 14.2. The fourth-order valence-electron chi connectivity index (χ4n) is 1.91.